The van der Waals surface area contributed by atoms with Crippen LogP contribution in [0.4, 0.5) is 5.69 Å². The maximum atomic E-state index is 14.2. The predicted octanol–water partition coefficient (Wildman–Crippen LogP) is 8.80. The molecule has 2 aliphatic carbocycles. The van der Waals surface area contributed by atoms with E-state index in [1.54, 1.807) is 24.3 Å². The zero-order chi connectivity index (χ0) is 32.8. The van der Waals surface area contributed by atoms with Gasteiger partial charge in [0.15, 0.2) is 18.2 Å². The van der Waals surface area contributed by atoms with Crippen LogP contribution in [0.1, 0.15) is 83.4 Å². The third kappa shape index (κ3) is 6.28. The van der Waals surface area contributed by atoms with E-state index in [0.717, 1.165) is 35.4 Å². The number of benzene rings is 3. The first kappa shape index (κ1) is 31.8. The van der Waals surface area contributed by atoms with Gasteiger partial charge >= 0.3 is 0 Å². The van der Waals surface area contributed by atoms with Gasteiger partial charge in [-0.05, 0) is 66.0 Å². The van der Waals surface area contributed by atoms with Crippen LogP contribution in [-0.4, -0.2) is 29.0 Å². The van der Waals surface area contributed by atoms with Gasteiger partial charge in [-0.3, -0.25) is 14.4 Å². The molecule has 0 fully saturated rings. The first-order valence-electron chi connectivity index (χ1n) is 16.0. The molecule has 7 heteroatoms. The number of hydrogen-bond donors (Lipinski definition) is 1. The van der Waals surface area contributed by atoms with Crippen molar-refractivity contribution in [1.29, 1.82) is 0 Å². The Balaban J connectivity index is 1.41. The van der Waals surface area contributed by atoms with E-state index >= 15 is 0 Å². The van der Waals surface area contributed by atoms with Crippen LogP contribution >= 0.6 is 11.6 Å². The number of hydrogen-bond acceptors (Lipinski definition) is 5. The monoisotopic (exact) mass is 636 g/mol. The van der Waals surface area contributed by atoms with Gasteiger partial charge < -0.3 is 15.0 Å². The predicted molar refractivity (Wildman–Crippen MR) is 182 cm³/mol. The average molecular weight is 637 g/mol. The second-order valence-electron chi connectivity index (χ2n) is 14.4. The molecule has 3 aromatic carbocycles. The Labute approximate surface area is 276 Å². The molecule has 46 heavy (non-hydrogen) atoms. The molecule has 0 saturated carbocycles. The second-order valence-corrected chi connectivity index (χ2v) is 14.8. The fourth-order valence-electron chi connectivity index (χ4n) is 7.35. The van der Waals surface area contributed by atoms with E-state index in [0.29, 0.717) is 40.4 Å². The largest absolute Gasteiger partial charge is 0.482 e. The van der Waals surface area contributed by atoms with Crippen molar-refractivity contribution in [2.45, 2.75) is 72.3 Å². The van der Waals surface area contributed by atoms with Crippen LogP contribution in [0.15, 0.2) is 101 Å². The Hall–Kier alpha value is -4.16. The Bertz CT molecular complexity index is 1700. The molecule has 1 heterocycles. The number of ketones is 2. The van der Waals surface area contributed by atoms with Gasteiger partial charge in [0.2, 0.25) is 0 Å². The smallest absolute Gasteiger partial charge is 0.262 e. The lowest BCUT2D eigenvalue weighted by molar-refractivity contribution is -0.120. The number of Topliss-reactive ketones (excluding diaryl/α,β-unsaturated/α-hetero) is 2. The normalized spacial score (nSPS) is 19.8. The molecule has 0 saturated heterocycles. The molecule has 0 spiro atoms. The summed E-state index contributed by atoms with van der Waals surface area (Å²) in [5, 5.41) is 3.13. The summed E-state index contributed by atoms with van der Waals surface area (Å²) >= 11 is 6.80. The van der Waals surface area contributed by atoms with Crippen molar-refractivity contribution in [2.24, 2.45) is 10.8 Å². The van der Waals surface area contributed by atoms with Crippen molar-refractivity contribution in [3.8, 4) is 5.75 Å². The highest BCUT2D eigenvalue weighted by Crippen LogP contribution is 2.56. The first-order chi connectivity index (χ1) is 21.8. The van der Waals surface area contributed by atoms with Crippen LogP contribution in [0.25, 0.3) is 0 Å². The molecule has 3 aliphatic rings. The number of ether oxygens (including phenoxy) is 1. The van der Waals surface area contributed by atoms with Crippen molar-refractivity contribution in [2.75, 3.05) is 11.9 Å². The maximum absolute atomic E-state index is 14.2. The topological polar surface area (TPSA) is 75.7 Å². The third-order valence-electron chi connectivity index (χ3n) is 9.33. The van der Waals surface area contributed by atoms with Crippen LogP contribution in [0.3, 0.4) is 0 Å². The summed E-state index contributed by atoms with van der Waals surface area (Å²) in [5.74, 6) is -0.329. The van der Waals surface area contributed by atoms with Crippen molar-refractivity contribution >= 4 is 34.8 Å². The van der Waals surface area contributed by atoms with Crippen molar-refractivity contribution in [3.63, 3.8) is 0 Å². The number of allylic oxidation sites excluding steroid dienone is 4. The Kier molecular flexibility index (Phi) is 8.45. The van der Waals surface area contributed by atoms with E-state index in [9.17, 15) is 14.4 Å². The van der Waals surface area contributed by atoms with E-state index in [1.165, 1.54) is 0 Å². The third-order valence-corrected chi connectivity index (χ3v) is 9.62. The zero-order valence-corrected chi connectivity index (χ0v) is 27.9. The number of carbonyl (C=O) groups is 3. The molecule has 1 unspecified atom stereocenters. The van der Waals surface area contributed by atoms with Crippen LogP contribution < -0.4 is 10.1 Å². The summed E-state index contributed by atoms with van der Waals surface area (Å²) in [5.41, 5.74) is 5.53. The standard InChI is InChI=1S/C39H41ClN2O4/c1-24(25-12-8-6-9-13-25)42-29-19-38(2,3)21-31(43)36(29)35(37-30(42)20-39(4,5)22-32(37)44)26-16-17-33(28(40)18-26)46-23-34(45)41-27-14-10-7-11-15-27/h6-18,24,35H,19-23H2,1-5H3,(H,41,45). The minimum atomic E-state index is -0.524. The van der Waals surface area contributed by atoms with E-state index in [4.69, 9.17) is 16.3 Å². The van der Waals surface area contributed by atoms with Crippen LogP contribution in [0.2, 0.25) is 5.02 Å². The molecule has 1 aliphatic heterocycles. The zero-order valence-electron chi connectivity index (χ0n) is 27.2. The van der Waals surface area contributed by atoms with Gasteiger partial charge in [0.05, 0.1) is 11.1 Å². The molecular formula is C39H41ClN2O4. The molecule has 1 atom stereocenters. The van der Waals surface area contributed by atoms with Gasteiger partial charge in [0.1, 0.15) is 5.75 Å². The minimum Gasteiger partial charge on any atom is -0.482 e. The Morgan fingerprint density at radius 3 is 1.93 bits per heavy atom. The Morgan fingerprint density at radius 2 is 1.39 bits per heavy atom. The van der Waals surface area contributed by atoms with Crippen molar-refractivity contribution < 1.29 is 19.1 Å². The fourth-order valence-corrected chi connectivity index (χ4v) is 7.60. The molecular weight excluding hydrogens is 596 g/mol. The lowest BCUT2D eigenvalue weighted by atomic mass is 9.63. The molecule has 1 N–H and O–H groups in total. The first-order valence-corrected chi connectivity index (χ1v) is 16.4. The summed E-state index contributed by atoms with van der Waals surface area (Å²) in [6.07, 6.45) is 2.25. The quantitative estimate of drug-likeness (QED) is 0.280. The number of para-hydroxylation sites is 1. The number of carbonyl (C=O) groups excluding carboxylic acids is 3. The van der Waals surface area contributed by atoms with Gasteiger partial charge in [-0.25, -0.2) is 0 Å². The molecule has 1 amide bonds. The number of rotatable bonds is 7. The highest BCUT2D eigenvalue weighted by Gasteiger charge is 2.50. The van der Waals surface area contributed by atoms with Crippen molar-refractivity contribution in [3.05, 3.63) is 118 Å². The van der Waals surface area contributed by atoms with Crippen LogP contribution in [0, 0.1) is 10.8 Å². The number of anilines is 1. The van der Waals surface area contributed by atoms with E-state index in [1.807, 2.05) is 42.5 Å². The van der Waals surface area contributed by atoms with E-state index < -0.39 is 5.92 Å². The lowest BCUT2D eigenvalue weighted by Crippen LogP contribution is -2.45. The molecule has 6 rings (SSSR count). The highest BCUT2D eigenvalue weighted by molar-refractivity contribution is 6.32. The minimum absolute atomic E-state index is 0.0676. The van der Waals surface area contributed by atoms with Crippen LogP contribution in [-0.2, 0) is 14.4 Å². The summed E-state index contributed by atoms with van der Waals surface area (Å²) in [7, 11) is 0. The molecule has 0 radical (unpaired) electrons. The van der Waals surface area contributed by atoms with Gasteiger partial charge in [0, 0.05) is 47.0 Å². The van der Waals surface area contributed by atoms with Crippen LogP contribution in [0.5, 0.6) is 5.75 Å². The van der Waals surface area contributed by atoms with Gasteiger partial charge in [0.25, 0.3) is 5.91 Å². The molecule has 3 aromatic rings. The summed E-state index contributed by atoms with van der Waals surface area (Å²) in [6.45, 7) is 10.5. The molecule has 0 aromatic heterocycles. The number of nitrogens with zero attached hydrogens (tertiary/aromatic N) is 1. The number of halogens is 1. The number of amides is 1. The van der Waals surface area contributed by atoms with Gasteiger partial charge in [-0.1, -0.05) is 93.9 Å². The van der Waals surface area contributed by atoms with E-state index in [-0.39, 0.29) is 41.0 Å². The molecule has 238 valence electrons. The van der Waals surface area contributed by atoms with Crippen molar-refractivity contribution in [1.82, 2.24) is 4.90 Å². The SMILES string of the molecule is CC(c1ccccc1)N1C2=C(C(=O)CC(C)(C)C2)C(c2ccc(OCC(=O)Nc3ccccc3)c(Cl)c2)C2=C1CC(C)(C)CC2=O. The number of nitrogens with one attached hydrogen (secondary N) is 1. The van der Waals surface area contributed by atoms with Gasteiger partial charge in [-0.2, -0.15) is 0 Å². The Morgan fingerprint density at radius 1 is 0.848 bits per heavy atom. The average Bonchev–Trinajstić information content (AvgIpc) is 2.99. The van der Waals surface area contributed by atoms with E-state index in [2.05, 4.69) is 57.0 Å². The second kappa shape index (κ2) is 12.2. The lowest BCUT2D eigenvalue weighted by Gasteiger charge is -2.51. The van der Waals surface area contributed by atoms with Gasteiger partial charge in [-0.15, -0.1) is 0 Å². The summed E-state index contributed by atoms with van der Waals surface area (Å²) in [4.78, 5) is 43.2. The summed E-state index contributed by atoms with van der Waals surface area (Å²) < 4.78 is 5.81. The maximum Gasteiger partial charge on any atom is 0.262 e. The highest BCUT2D eigenvalue weighted by atomic mass is 35.5. The summed E-state index contributed by atoms with van der Waals surface area (Å²) in [6, 6.07) is 24.8. The molecule has 0 bridgehead atoms. The molecule has 6 nitrogen and oxygen atoms in total. The fraction of sp³-hybridized carbons (Fsp3) is 0.359.